The lowest BCUT2D eigenvalue weighted by Crippen LogP contribution is -2.28. The first kappa shape index (κ1) is 15.9. The molecule has 0 atom stereocenters. The Balaban J connectivity index is 1.58. The molecule has 3 aromatic rings. The van der Waals surface area contributed by atoms with Gasteiger partial charge in [-0.05, 0) is 18.2 Å². The van der Waals surface area contributed by atoms with Gasteiger partial charge in [-0.2, -0.15) is 5.10 Å². The van der Waals surface area contributed by atoms with Gasteiger partial charge < -0.3 is 9.88 Å². The van der Waals surface area contributed by atoms with Crippen molar-refractivity contribution in [2.45, 2.75) is 26.3 Å². The zero-order valence-corrected chi connectivity index (χ0v) is 13.8. The third-order valence-electron chi connectivity index (χ3n) is 3.64. The first-order chi connectivity index (χ1) is 11.6. The van der Waals surface area contributed by atoms with Gasteiger partial charge in [-0.15, -0.1) is 10.2 Å². The molecule has 0 saturated heterocycles. The van der Waals surface area contributed by atoms with Gasteiger partial charge in [0.2, 0.25) is 0 Å². The molecule has 3 rings (SSSR count). The molecule has 0 aliphatic carbocycles. The Hall–Kier alpha value is -2.96. The highest BCUT2D eigenvalue weighted by Gasteiger charge is 2.11. The third kappa shape index (κ3) is 3.51. The maximum Gasteiger partial charge on any atom is 0.271 e. The average Bonchev–Trinajstić information content (AvgIpc) is 3.25. The summed E-state index contributed by atoms with van der Waals surface area (Å²) in [5.41, 5.74) is 1.31. The summed E-state index contributed by atoms with van der Waals surface area (Å²) in [7, 11) is 0. The van der Waals surface area contributed by atoms with E-state index in [0.717, 1.165) is 11.5 Å². The van der Waals surface area contributed by atoms with Crippen LogP contribution in [0.4, 0.5) is 0 Å². The molecule has 7 nitrogen and oxygen atoms in total. The fraction of sp³-hybridized carbons (Fsp3) is 0.294. The van der Waals surface area contributed by atoms with Crippen molar-refractivity contribution in [2.24, 2.45) is 0 Å². The second-order valence-electron chi connectivity index (χ2n) is 5.77. The van der Waals surface area contributed by atoms with Gasteiger partial charge in [0, 0.05) is 25.2 Å². The van der Waals surface area contributed by atoms with Crippen molar-refractivity contribution in [2.75, 3.05) is 6.54 Å². The summed E-state index contributed by atoms with van der Waals surface area (Å²) in [6.45, 7) is 5.26. The molecule has 124 valence electrons. The van der Waals surface area contributed by atoms with Gasteiger partial charge in [0.25, 0.3) is 5.91 Å². The smallest absolute Gasteiger partial charge is 0.271 e. The number of carbonyl (C=O) groups is 1. The Bertz CT molecular complexity index is 805. The Morgan fingerprint density at radius 1 is 1.21 bits per heavy atom. The highest BCUT2D eigenvalue weighted by atomic mass is 16.1. The van der Waals surface area contributed by atoms with Crippen LogP contribution in [-0.2, 0) is 6.54 Å². The van der Waals surface area contributed by atoms with E-state index in [1.54, 1.807) is 23.3 Å². The van der Waals surface area contributed by atoms with Crippen molar-refractivity contribution in [3.05, 3.63) is 60.4 Å². The maximum absolute atomic E-state index is 12.2. The van der Waals surface area contributed by atoms with Gasteiger partial charge in [-0.3, -0.25) is 4.79 Å². The normalized spacial score (nSPS) is 11.0. The van der Waals surface area contributed by atoms with E-state index in [1.165, 1.54) is 0 Å². The fourth-order valence-electron chi connectivity index (χ4n) is 2.43. The number of carbonyl (C=O) groups excluding carboxylic acids is 1. The van der Waals surface area contributed by atoms with Crippen LogP contribution in [0.2, 0.25) is 0 Å². The quantitative estimate of drug-likeness (QED) is 0.752. The monoisotopic (exact) mass is 324 g/mol. The molecule has 2 heterocycles. The molecule has 0 unspecified atom stereocenters. The highest BCUT2D eigenvalue weighted by Crippen LogP contribution is 2.10. The Labute approximate surface area is 140 Å². The largest absolute Gasteiger partial charge is 0.349 e. The average molecular weight is 324 g/mol. The van der Waals surface area contributed by atoms with E-state index in [2.05, 4.69) is 34.5 Å². The molecule has 1 aromatic carbocycles. The Morgan fingerprint density at radius 3 is 2.75 bits per heavy atom. The Morgan fingerprint density at radius 2 is 2.00 bits per heavy atom. The molecule has 0 fully saturated rings. The molecule has 2 aromatic heterocycles. The predicted molar refractivity (Wildman–Crippen MR) is 90.0 cm³/mol. The van der Waals surface area contributed by atoms with Crippen LogP contribution in [0.1, 0.15) is 36.1 Å². The second kappa shape index (κ2) is 7.08. The molecule has 0 saturated carbocycles. The summed E-state index contributed by atoms with van der Waals surface area (Å²) in [6.07, 6.45) is 3.46. The van der Waals surface area contributed by atoms with Crippen LogP contribution in [0.5, 0.6) is 0 Å². The van der Waals surface area contributed by atoms with Crippen molar-refractivity contribution < 1.29 is 4.79 Å². The van der Waals surface area contributed by atoms with E-state index >= 15 is 0 Å². The summed E-state index contributed by atoms with van der Waals surface area (Å²) in [4.78, 5) is 12.2. The molecule has 0 aliphatic rings. The standard InChI is InChI=1S/C17H20N6O/c1-13(2)16-20-19-12-22(16)11-9-18-17(24)15-8-10-23(21-15)14-6-4-3-5-7-14/h3-8,10,12-13H,9,11H2,1-2H3,(H,18,24). The van der Waals surface area contributed by atoms with Gasteiger partial charge >= 0.3 is 0 Å². The molecule has 24 heavy (non-hydrogen) atoms. The van der Waals surface area contributed by atoms with Gasteiger partial charge in [0.05, 0.1) is 5.69 Å². The lowest BCUT2D eigenvalue weighted by atomic mass is 10.2. The van der Waals surface area contributed by atoms with E-state index in [1.807, 2.05) is 34.9 Å². The molecular formula is C17H20N6O. The summed E-state index contributed by atoms with van der Waals surface area (Å²) >= 11 is 0. The first-order valence-corrected chi connectivity index (χ1v) is 7.92. The van der Waals surface area contributed by atoms with Crippen LogP contribution in [0, 0.1) is 0 Å². The number of hydrogen-bond acceptors (Lipinski definition) is 4. The second-order valence-corrected chi connectivity index (χ2v) is 5.77. The summed E-state index contributed by atoms with van der Waals surface area (Å²) < 4.78 is 3.64. The zero-order valence-electron chi connectivity index (χ0n) is 13.8. The van der Waals surface area contributed by atoms with Crippen molar-refractivity contribution in [1.82, 2.24) is 29.9 Å². The van der Waals surface area contributed by atoms with E-state index in [0.29, 0.717) is 24.7 Å². The minimum Gasteiger partial charge on any atom is -0.349 e. The molecular weight excluding hydrogens is 304 g/mol. The molecule has 0 spiro atoms. The molecule has 0 radical (unpaired) electrons. The maximum atomic E-state index is 12.2. The number of nitrogens with one attached hydrogen (secondary N) is 1. The number of para-hydroxylation sites is 1. The minimum absolute atomic E-state index is 0.191. The number of benzene rings is 1. The number of amides is 1. The highest BCUT2D eigenvalue weighted by molar-refractivity contribution is 5.92. The summed E-state index contributed by atoms with van der Waals surface area (Å²) in [5.74, 6) is 1.02. The number of nitrogens with zero attached hydrogens (tertiary/aromatic N) is 5. The SMILES string of the molecule is CC(C)c1nncn1CCNC(=O)c1ccn(-c2ccccc2)n1. The summed E-state index contributed by atoms with van der Waals surface area (Å²) in [6, 6.07) is 11.4. The van der Waals surface area contributed by atoms with Crippen LogP contribution in [0.3, 0.4) is 0 Å². The zero-order chi connectivity index (χ0) is 16.9. The summed E-state index contributed by atoms with van der Waals surface area (Å²) in [5, 5.41) is 15.2. The molecule has 0 aliphatic heterocycles. The van der Waals surface area contributed by atoms with E-state index in [9.17, 15) is 4.79 Å². The van der Waals surface area contributed by atoms with Gasteiger partial charge in [0.1, 0.15) is 12.2 Å². The van der Waals surface area contributed by atoms with Crippen molar-refractivity contribution >= 4 is 5.91 Å². The molecule has 1 N–H and O–H groups in total. The van der Waals surface area contributed by atoms with Crippen LogP contribution in [-0.4, -0.2) is 37.0 Å². The molecule has 7 heteroatoms. The van der Waals surface area contributed by atoms with Crippen LogP contribution < -0.4 is 5.32 Å². The lowest BCUT2D eigenvalue weighted by molar-refractivity contribution is 0.0946. The number of rotatable bonds is 6. The lowest BCUT2D eigenvalue weighted by Gasteiger charge is -2.09. The topological polar surface area (TPSA) is 77.6 Å². The van der Waals surface area contributed by atoms with Crippen molar-refractivity contribution in [3.63, 3.8) is 0 Å². The number of aromatic nitrogens is 5. The van der Waals surface area contributed by atoms with E-state index in [-0.39, 0.29) is 5.91 Å². The Kier molecular flexibility index (Phi) is 4.69. The van der Waals surface area contributed by atoms with E-state index < -0.39 is 0 Å². The van der Waals surface area contributed by atoms with Gasteiger partial charge in [-0.25, -0.2) is 4.68 Å². The van der Waals surface area contributed by atoms with Crippen LogP contribution in [0.25, 0.3) is 5.69 Å². The van der Waals surface area contributed by atoms with Crippen molar-refractivity contribution in [1.29, 1.82) is 0 Å². The molecule has 0 bridgehead atoms. The fourth-order valence-corrected chi connectivity index (χ4v) is 2.43. The number of hydrogen-bond donors (Lipinski definition) is 1. The minimum atomic E-state index is -0.191. The van der Waals surface area contributed by atoms with E-state index in [4.69, 9.17) is 0 Å². The van der Waals surface area contributed by atoms with Gasteiger partial charge in [-0.1, -0.05) is 32.0 Å². The van der Waals surface area contributed by atoms with Crippen LogP contribution >= 0.6 is 0 Å². The van der Waals surface area contributed by atoms with Crippen molar-refractivity contribution in [3.8, 4) is 5.69 Å². The third-order valence-corrected chi connectivity index (χ3v) is 3.64. The molecule has 1 amide bonds. The van der Waals surface area contributed by atoms with Gasteiger partial charge in [0.15, 0.2) is 5.69 Å². The first-order valence-electron chi connectivity index (χ1n) is 7.92. The van der Waals surface area contributed by atoms with Crippen LogP contribution in [0.15, 0.2) is 48.9 Å². The predicted octanol–water partition coefficient (Wildman–Crippen LogP) is 2.02.